The van der Waals surface area contributed by atoms with E-state index >= 15 is 0 Å². The van der Waals surface area contributed by atoms with E-state index in [1.54, 1.807) is 6.92 Å². The van der Waals surface area contributed by atoms with Gasteiger partial charge < -0.3 is 37.0 Å². The van der Waals surface area contributed by atoms with Crippen LogP contribution in [0.2, 0.25) is 0 Å². The molecule has 0 aliphatic heterocycles. The molecule has 1 aromatic rings. The number of amides is 3. The molecular weight excluding hydrogens is 563 g/mol. The minimum absolute atomic E-state index is 0. The number of aliphatic hydroxyl groups is 2. The van der Waals surface area contributed by atoms with Gasteiger partial charge in [0.2, 0.25) is 17.7 Å². The first-order valence-corrected chi connectivity index (χ1v) is 14.6. The largest absolute Gasteiger partial charge is 1.00 e. The van der Waals surface area contributed by atoms with Crippen molar-refractivity contribution in [1.82, 2.24) is 16.0 Å². The number of carboxylic acids is 1. The summed E-state index contributed by atoms with van der Waals surface area (Å²) >= 11 is 1.52. The maximum atomic E-state index is 11.9. The first-order valence-electron chi connectivity index (χ1n) is 13.2. The zero-order chi connectivity index (χ0) is 30.6. The van der Waals surface area contributed by atoms with Crippen molar-refractivity contribution in [1.29, 1.82) is 0 Å². The van der Waals surface area contributed by atoms with Crippen molar-refractivity contribution in [2.24, 2.45) is 5.92 Å². The van der Waals surface area contributed by atoms with Gasteiger partial charge in [-0.1, -0.05) is 83.5 Å². The fourth-order valence-corrected chi connectivity index (χ4v) is 3.20. The Morgan fingerprint density at radius 2 is 1.43 bits per heavy atom. The Labute approximate surface area is 286 Å². The second-order valence-corrected chi connectivity index (χ2v) is 8.73. The predicted octanol–water partition coefficient (Wildman–Crippen LogP) is -0.525. The topological polar surface area (TPSA) is 189 Å². The molecule has 0 spiro atoms. The van der Waals surface area contributed by atoms with Crippen molar-refractivity contribution in [3.8, 4) is 0 Å². The summed E-state index contributed by atoms with van der Waals surface area (Å²) in [6, 6.07) is 10.3. The van der Waals surface area contributed by atoms with Crippen LogP contribution in [-0.2, 0) is 19.2 Å². The average molecular weight is 613 g/mol. The molecule has 0 fully saturated rings. The monoisotopic (exact) mass is 612 g/mol. The number of rotatable bonds is 15. The van der Waals surface area contributed by atoms with Gasteiger partial charge in [0.15, 0.2) is 0 Å². The maximum absolute atomic E-state index is 11.9. The minimum Gasteiger partial charge on any atom is -0.667 e. The number of carboxylic acid groups (broad SMARTS) is 1. The molecule has 1 rings (SSSR count). The van der Waals surface area contributed by atoms with E-state index in [9.17, 15) is 29.4 Å². The third kappa shape index (κ3) is 27.2. The molecule has 0 aromatic heterocycles. The van der Waals surface area contributed by atoms with Crippen molar-refractivity contribution >= 4 is 35.5 Å². The SMILES string of the molecule is CC.CC.CSCC[C@H]([NH-])C(=O)NCC(=O)NC(CO)C[C@@H](C)C(O)C(=O)NCCC(=O)O.[K+].c1ccccc1. The number of aliphatic carboxylic acids is 1. The summed E-state index contributed by atoms with van der Waals surface area (Å²) in [6.45, 7) is 8.64. The van der Waals surface area contributed by atoms with Gasteiger partial charge in [0.05, 0.1) is 25.6 Å². The Kier molecular flexibility index (Phi) is 37.3. The first-order chi connectivity index (χ1) is 18.6. The van der Waals surface area contributed by atoms with E-state index in [-0.39, 0.29) is 77.3 Å². The van der Waals surface area contributed by atoms with Gasteiger partial charge in [0, 0.05) is 6.54 Å². The average Bonchev–Trinajstić information content (AvgIpc) is 2.96. The maximum Gasteiger partial charge on any atom is 1.00 e. The summed E-state index contributed by atoms with van der Waals surface area (Å²) in [5.74, 6) is -2.91. The van der Waals surface area contributed by atoms with Gasteiger partial charge in [-0.15, -0.1) is 0 Å². The van der Waals surface area contributed by atoms with Crippen LogP contribution in [0.1, 0.15) is 53.9 Å². The van der Waals surface area contributed by atoms with Crippen molar-refractivity contribution in [3.05, 3.63) is 42.1 Å². The number of nitrogens with one attached hydrogen (secondary N) is 4. The number of aliphatic hydroxyl groups excluding tert-OH is 2. The van der Waals surface area contributed by atoms with Crippen LogP contribution < -0.4 is 67.3 Å². The van der Waals surface area contributed by atoms with Crippen molar-refractivity contribution in [3.63, 3.8) is 0 Å². The van der Waals surface area contributed by atoms with Gasteiger partial charge in [0.1, 0.15) is 6.10 Å². The molecule has 11 nitrogen and oxygen atoms in total. The van der Waals surface area contributed by atoms with Crippen LogP contribution in [0.3, 0.4) is 0 Å². The second kappa shape index (κ2) is 32.5. The van der Waals surface area contributed by atoms with E-state index in [2.05, 4.69) is 16.0 Å². The third-order valence-corrected chi connectivity index (χ3v) is 5.35. The Morgan fingerprint density at radius 1 is 0.925 bits per heavy atom. The Bertz CT molecular complexity index is 737. The molecule has 0 heterocycles. The summed E-state index contributed by atoms with van der Waals surface area (Å²) in [5.41, 5.74) is 7.66. The van der Waals surface area contributed by atoms with Crippen LogP contribution in [0.15, 0.2) is 36.4 Å². The fraction of sp³-hybridized carbons (Fsp3) is 0.630. The molecular formula is C27H49KN4O7S. The van der Waals surface area contributed by atoms with Gasteiger partial charge in [-0.2, -0.15) is 11.8 Å². The molecule has 0 saturated carbocycles. The van der Waals surface area contributed by atoms with Gasteiger partial charge in [0.25, 0.3) is 0 Å². The van der Waals surface area contributed by atoms with Crippen LogP contribution >= 0.6 is 11.8 Å². The molecule has 4 atom stereocenters. The zero-order valence-electron chi connectivity index (χ0n) is 25.1. The van der Waals surface area contributed by atoms with Gasteiger partial charge in [-0.25, -0.2) is 0 Å². The molecule has 0 aliphatic rings. The summed E-state index contributed by atoms with van der Waals surface area (Å²) in [6.07, 6.45) is 0.612. The van der Waals surface area contributed by atoms with Crippen LogP contribution in [0.5, 0.6) is 0 Å². The minimum atomic E-state index is -1.44. The molecule has 40 heavy (non-hydrogen) atoms. The number of carbonyl (C=O) groups is 4. The van der Waals surface area contributed by atoms with Gasteiger partial charge >= 0.3 is 57.4 Å². The normalized spacial score (nSPS) is 12.3. The van der Waals surface area contributed by atoms with Crippen molar-refractivity contribution in [2.45, 2.75) is 72.1 Å². The van der Waals surface area contributed by atoms with Crippen LogP contribution in [-0.4, -0.2) is 88.9 Å². The summed E-state index contributed by atoms with van der Waals surface area (Å²) in [5, 5.41) is 35.1. The van der Waals surface area contributed by atoms with E-state index in [0.717, 1.165) is 0 Å². The van der Waals surface area contributed by atoms with Crippen molar-refractivity contribution < 1.29 is 85.9 Å². The quantitative estimate of drug-likeness (QED) is 0.143. The van der Waals surface area contributed by atoms with E-state index in [1.807, 2.05) is 70.3 Å². The predicted molar refractivity (Wildman–Crippen MR) is 157 cm³/mol. The van der Waals surface area contributed by atoms with E-state index < -0.39 is 54.4 Å². The molecule has 2 unspecified atom stereocenters. The van der Waals surface area contributed by atoms with E-state index in [1.165, 1.54) is 11.8 Å². The van der Waals surface area contributed by atoms with Crippen LogP contribution in [0, 0.1) is 5.92 Å². The molecule has 3 amide bonds. The Hall–Kier alpha value is -1.03. The van der Waals surface area contributed by atoms with Gasteiger partial charge in [-0.3, -0.25) is 19.2 Å². The van der Waals surface area contributed by atoms with Crippen LogP contribution in [0.25, 0.3) is 5.73 Å². The van der Waals surface area contributed by atoms with Crippen molar-refractivity contribution in [2.75, 3.05) is 31.7 Å². The molecule has 0 radical (unpaired) electrons. The molecule has 0 aliphatic carbocycles. The number of hydrogen-bond acceptors (Lipinski definition) is 7. The summed E-state index contributed by atoms with van der Waals surface area (Å²) in [7, 11) is 0. The number of benzene rings is 1. The molecule has 13 heteroatoms. The summed E-state index contributed by atoms with van der Waals surface area (Å²) < 4.78 is 0. The Morgan fingerprint density at radius 3 is 1.85 bits per heavy atom. The first kappa shape index (κ1) is 45.9. The zero-order valence-corrected chi connectivity index (χ0v) is 29.0. The molecule has 226 valence electrons. The molecule has 7 N–H and O–H groups in total. The standard InChI is InChI=1S/C17H31N4O7S.C6H6.2C2H6.K/c1-10(15(26)17(28)19-5-3-14(24)25)7-11(9-22)21-13(23)8-20-16(27)12(18)4-6-29-2;1-2-4-6-5-3-1;2*1-2;/h10-12,15,18,22,26H,3-9H2,1-2H3,(H,19,28)(H,20,27)(H,21,23)(H,24,25);1-6H;2*1-2H3;/q-1;;;;+1/t10-,11?,12+,15?;;;;/m1..../s1. The third-order valence-electron chi connectivity index (χ3n) is 4.70. The fourth-order valence-electron chi connectivity index (χ4n) is 2.73. The Balaban J connectivity index is -0.000000499. The number of carbonyl (C=O) groups excluding carboxylic acids is 3. The molecule has 0 bridgehead atoms. The summed E-state index contributed by atoms with van der Waals surface area (Å²) in [4.78, 5) is 45.9. The second-order valence-electron chi connectivity index (χ2n) is 7.75. The van der Waals surface area contributed by atoms with Crippen LogP contribution in [0.4, 0.5) is 0 Å². The number of hydrogen-bond donors (Lipinski definition) is 6. The molecule has 0 saturated heterocycles. The van der Waals surface area contributed by atoms with E-state index in [0.29, 0.717) is 12.2 Å². The van der Waals surface area contributed by atoms with E-state index in [4.69, 9.17) is 10.8 Å². The van der Waals surface area contributed by atoms with Gasteiger partial charge in [-0.05, 0) is 24.3 Å². The molecule has 1 aromatic carbocycles. The number of thioether (sulfide) groups is 1. The smallest absolute Gasteiger partial charge is 0.667 e.